The van der Waals surface area contributed by atoms with Crippen LogP contribution in [-0.4, -0.2) is 16.5 Å². The minimum absolute atomic E-state index is 0.671. The van der Waals surface area contributed by atoms with Crippen molar-refractivity contribution in [2.75, 3.05) is 17.2 Å². The van der Waals surface area contributed by atoms with Crippen molar-refractivity contribution in [3.8, 4) is 0 Å². The third-order valence-electron chi connectivity index (χ3n) is 2.65. The molecule has 0 saturated heterocycles. The molecule has 2 N–H and O–H groups in total. The molecule has 20 heavy (non-hydrogen) atoms. The Bertz CT molecular complexity index is 625. The van der Waals surface area contributed by atoms with E-state index >= 15 is 0 Å². The van der Waals surface area contributed by atoms with Crippen LogP contribution in [0.3, 0.4) is 0 Å². The molecule has 5 heteroatoms. The molecule has 1 heterocycles. The third kappa shape index (κ3) is 3.81. The van der Waals surface area contributed by atoms with Gasteiger partial charge in [-0.1, -0.05) is 12.1 Å². The van der Waals surface area contributed by atoms with Gasteiger partial charge in [0.05, 0.1) is 5.69 Å². The molecule has 0 fully saturated rings. The highest BCUT2D eigenvalue weighted by molar-refractivity contribution is 9.10. The second kappa shape index (κ2) is 6.52. The number of aryl methyl sites for hydroxylation is 2. The standard InChI is InChI=1S/C15H17BrN4/c1-4-7-17-14-9-15(19-11(3)18-14)20-13-6-5-10(2)8-12(13)16/h4-6,8-9H,1,7H2,2-3H3,(H2,17,18,19,20). The van der Waals surface area contributed by atoms with Crippen molar-refractivity contribution in [1.82, 2.24) is 9.97 Å². The zero-order chi connectivity index (χ0) is 14.5. The Kier molecular flexibility index (Phi) is 4.74. The minimum atomic E-state index is 0.671. The van der Waals surface area contributed by atoms with Gasteiger partial charge in [-0.05, 0) is 47.5 Å². The van der Waals surface area contributed by atoms with E-state index in [1.807, 2.05) is 19.1 Å². The lowest BCUT2D eigenvalue weighted by molar-refractivity contribution is 1.05. The maximum absolute atomic E-state index is 4.39. The van der Waals surface area contributed by atoms with Crippen molar-refractivity contribution in [2.24, 2.45) is 0 Å². The molecule has 0 saturated carbocycles. The van der Waals surface area contributed by atoms with Gasteiger partial charge < -0.3 is 10.6 Å². The van der Waals surface area contributed by atoms with E-state index in [1.165, 1.54) is 5.56 Å². The fourth-order valence-corrected chi connectivity index (χ4v) is 2.35. The fraction of sp³-hybridized carbons (Fsp3) is 0.200. The summed E-state index contributed by atoms with van der Waals surface area (Å²) in [5, 5.41) is 6.46. The molecule has 0 aliphatic heterocycles. The van der Waals surface area contributed by atoms with Crippen LogP contribution in [0.2, 0.25) is 0 Å². The Morgan fingerprint density at radius 1 is 1.20 bits per heavy atom. The number of halogens is 1. The summed E-state index contributed by atoms with van der Waals surface area (Å²) in [6.07, 6.45) is 1.79. The summed E-state index contributed by atoms with van der Waals surface area (Å²) < 4.78 is 1.01. The Morgan fingerprint density at radius 2 is 1.95 bits per heavy atom. The minimum Gasteiger partial charge on any atom is -0.366 e. The van der Waals surface area contributed by atoms with Crippen LogP contribution in [0.15, 0.2) is 41.4 Å². The van der Waals surface area contributed by atoms with E-state index in [2.05, 4.69) is 62.2 Å². The smallest absolute Gasteiger partial charge is 0.136 e. The normalized spacial score (nSPS) is 10.2. The van der Waals surface area contributed by atoms with E-state index in [4.69, 9.17) is 0 Å². The number of anilines is 3. The maximum atomic E-state index is 4.39. The lowest BCUT2D eigenvalue weighted by Crippen LogP contribution is -2.04. The molecular weight excluding hydrogens is 316 g/mol. The van der Waals surface area contributed by atoms with Gasteiger partial charge in [0.1, 0.15) is 17.5 Å². The van der Waals surface area contributed by atoms with Crippen LogP contribution >= 0.6 is 15.9 Å². The van der Waals surface area contributed by atoms with E-state index in [0.717, 1.165) is 21.8 Å². The third-order valence-corrected chi connectivity index (χ3v) is 3.31. The first-order chi connectivity index (χ1) is 9.58. The lowest BCUT2D eigenvalue weighted by atomic mass is 10.2. The molecule has 0 atom stereocenters. The van der Waals surface area contributed by atoms with Gasteiger partial charge in [-0.25, -0.2) is 9.97 Å². The molecular formula is C15H17BrN4. The van der Waals surface area contributed by atoms with Crippen molar-refractivity contribution >= 4 is 33.3 Å². The van der Waals surface area contributed by atoms with Crippen molar-refractivity contribution in [2.45, 2.75) is 13.8 Å². The quantitative estimate of drug-likeness (QED) is 0.805. The lowest BCUT2D eigenvalue weighted by Gasteiger charge is -2.11. The molecule has 2 rings (SSSR count). The maximum Gasteiger partial charge on any atom is 0.136 e. The Morgan fingerprint density at radius 3 is 2.65 bits per heavy atom. The van der Waals surface area contributed by atoms with Gasteiger partial charge in [0, 0.05) is 17.1 Å². The summed E-state index contributed by atoms with van der Waals surface area (Å²) in [7, 11) is 0. The van der Waals surface area contributed by atoms with E-state index in [1.54, 1.807) is 6.08 Å². The Balaban J connectivity index is 2.23. The first-order valence-electron chi connectivity index (χ1n) is 6.32. The van der Waals surface area contributed by atoms with Crippen LogP contribution in [-0.2, 0) is 0 Å². The topological polar surface area (TPSA) is 49.8 Å². The van der Waals surface area contributed by atoms with Gasteiger partial charge >= 0.3 is 0 Å². The molecule has 0 radical (unpaired) electrons. The van der Waals surface area contributed by atoms with Crippen molar-refractivity contribution in [3.63, 3.8) is 0 Å². The van der Waals surface area contributed by atoms with Crippen LogP contribution < -0.4 is 10.6 Å². The van der Waals surface area contributed by atoms with Gasteiger partial charge in [0.15, 0.2) is 0 Å². The molecule has 2 aromatic rings. The highest BCUT2D eigenvalue weighted by Crippen LogP contribution is 2.26. The molecule has 0 spiro atoms. The van der Waals surface area contributed by atoms with Crippen LogP contribution in [0.25, 0.3) is 0 Å². The van der Waals surface area contributed by atoms with Gasteiger partial charge in [0.2, 0.25) is 0 Å². The van der Waals surface area contributed by atoms with E-state index in [0.29, 0.717) is 12.4 Å². The second-order valence-corrected chi connectivity index (χ2v) is 5.32. The molecule has 104 valence electrons. The number of aromatic nitrogens is 2. The highest BCUT2D eigenvalue weighted by atomic mass is 79.9. The Hall–Kier alpha value is -1.88. The zero-order valence-electron chi connectivity index (χ0n) is 11.6. The number of benzene rings is 1. The summed E-state index contributed by atoms with van der Waals surface area (Å²) in [5.74, 6) is 2.25. The largest absolute Gasteiger partial charge is 0.366 e. The average molecular weight is 333 g/mol. The molecule has 0 aliphatic rings. The predicted octanol–water partition coefficient (Wildman–Crippen LogP) is 4.20. The monoisotopic (exact) mass is 332 g/mol. The molecule has 1 aromatic heterocycles. The van der Waals surface area contributed by atoms with Crippen LogP contribution in [0.5, 0.6) is 0 Å². The number of rotatable bonds is 5. The molecule has 0 amide bonds. The second-order valence-electron chi connectivity index (χ2n) is 4.46. The van der Waals surface area contributed by atoms with Gasteiger partial charge in [0.25, 0.3) is 0 Å². The first kappa shape index (κ1) is 14.5. The summed E-state index contributed by atoms with van der Waals surface area (Å²) in [6.45, 7) is 8.28. The van der Waals surface area contributed by atoms with Crippen LogP contribution in [0, 0.1) is 13.8 Å². The summed E-state index contributed by atoms with van der Waals surface area (Å²) in [5.41, 5.74) is 2.18. The number of nitrogens with zero attached hydrogens (tertiary/aromatic N) is 2. The Labute approximate surface area is 127 Å². The zero-order valence-corrected chi connectivity index (χ0v) is 13.2. The summed E-state index contributed by atoms with van der Waals surface area (Å²) in [6, 6.07) is 8.02. The predicted molar refractivity (Wildman–Crippen MR) is 87.6 cm³/mol. The van der Waals surface area contributed by atoms with E-state index in [-0.39, 0.29) is 0 Å². The molecule has 4 nitrogen and oxygen atoms in total. The summed E-state index contributed by atoms with van der Waals surface area (Å²) in [4.78, 5) is 8.72. The number of nitrogens with one attached hydrogen (secondary N) is 2. The SMILES string of the molecule is C=CCNc1cc(Nc2ccc(C)cc2Br)nc(C)n1. The number of hydrogen-bond donors (Lipinski definition) is 2. The number of hydrogen-bond acceptors (Lipinski definition) is 4. The van der Waals surface area contributed by atoms with Gasteiger partial charge in [-0.2, -0.15) is 0 Å². The van der Waals surface area contributed by atoms with Gasteiger partial charge in [-0.3, -0.25) is 0 Å². The van der Waals surface area contributed by atoms with E-state index in [9.17, 15) is 0 Å². The summed E-state index contributed by atoms with van der Waals surface area (Å²) >= 11 is 3.55. The molecule has 1 aromatic carbocycles. The molecule has 0 unspecified atom stereocenters. The van der Waals surface area contributed by atoms with Gasteiger partial charge in [-0.15, -0.1) is 6.58 Å². The van der Waals surface area contributed by atoms with Crippen molar-refractivity contribution in [1.29, 1.82) is 0 Å². The molecule has 0 aliphatic carbocycles. The van der Waals surface area contributed by atoms with Crippen LogP contribution in [0.1, 0.15) is 11.4 Å². The van der Waals surface area contributed by atoms with Crippen molar-refractivity contribution < 1.29 is 0 Å². The first-order valence-corrected chi connectivity index (χ1v) is 7.11. The van der Waals surface area contributed by atoms with E-state index < -0.39 is 0 Å². The fourth-order valence-electron chi connectivity index (χ4n) is 1.76. The highest BCUT2D eigenvalue weighted by Gasteiger charge is 2.04. The molecule has 0 bridgehead atoms. The average Bonchev–Trinajstić information content (AvgIpc) is 2.39. The van der Waals surface area contributed by atoms with Crippen molar-refractivity contribution in [3.05, 3.63) is 52.8 Å². The van der Waals surface area contributed by atoms with Crippen LogP contribution in [0.4, 0.5) is 17.3 Å².